The summed E-state index contributed by atoms with van der Waals surface area (Å²) in [5.41, 5.74) is 2.27. The minimum atomic E-state index is -3.61. The van der Waals surface area contributed by atoms with Crippen LogP contribution in [0.4, 0.5) is 5.69 Å². The molecule has 0 aliphatic carbocycles. The topological polar surface area (TPSA) is 84.9 Å². The van der Waals surface area contributed by atoms with Gasteiger partial charge in [0.2, 0.25) is 15.9 Å². The van der Waals surface area contributed by atoms with E-state index in [1.54, 1.807) is 6.07 Å². The summed E-state index contributed by atoms with van der Waals surface area (Å²) in [6.45, 7) is 1.97. The number of nitrogens with one attached hydrogen (secondary N) is 1. The van der Waals surface area contributed by atoms with Crippen molar-refractivity contribution in [3.05, 3.63) is 48.0 Å². The molecular weight excluding hydrogens is 416 g/mol. The number of sulfonamides is 1. The first-order valence-electron chi connectivity index (χ1n) is 10.8. The predicted molar refractivity (Wildman–Crippen MR) is 118 cm³/mol. The van der Waals surface area contributed by atoms with Gasteiger partial charge in [0.25, 0.3) is 0 Å². The number of aryl methyl sites for hydroxylation is 1. The third-order valence-corrected chi connectivity index (χ3v) is 7.05. The molecule has 2 aromatic carbocycles. The second-order valence-electron chi connectivity index (χ2n) is 7.79. The maximum absolute atomic E-state index is 12.6. The lowest BCUT2D eigenvalue weighted by atomic mass is 10.0. The van der Waals surface area contributed by atoms with E-state index in [1.807, 2.05) is 23.1 Å². The summed E-state index contributed by atoms with van der Waals surface area (Å²) in [6.07, 6.45) is 4.68. The number of carbonyl (C=O) groups is 1. The first-order valence-corrected chi connectivity index (χ1v) is 12.3. The Kier molecular flexibility index (Phi) is 6.77. The van der Waals surface area contributed by atoms with Gasteiger partial charge >= 0.3 is 0 Å². The summed E-state index contributed by atoms with van der Waals surface area (Å²) in [6, 6.07) is 12.7. The number of rotatable bonds is 8. The number of ether oxygens (including phenoxy) is 2. The molecule has 2 heterocycles. The van der Waals surface area contributed by atoms with Crippen LogP contribution < -0.4 is 19.1 Å². The van der Waals surface area contributed by atoms with E-state index < -0.39 is 10.0 Å². The number of unbranched alkanes of at least 4 members (excludes halogenated alkanes) is 2. The molecule has 0 aromatic heterocycles. The number of carbonyl (C=O) groups excluding carboxylic acids is 1. The van der Waals surface area contributed by atoms with Crippen LogP contribution in [0.2, 0.25) is 0 Å². The van der Waals surface area contributed by atoms with Gasteiger partial charge < -0.3 is 14.4 Å². The molecule has 2 aliphatic heterocycles. The lowest BCUT2D eigenvalue weighted by Crippen LogP contribution is -2.35. The Morgan fingerprint density at radius 3 is 2.68 bits per heavy atom. The molecule has 1 amide bonds. The van der Waals surface area contributed by atoms with Crippen molar-refractivity contribution in [2.24, 2.45) is 0 Å². The van der Waals surface area contributed by atoms with Gasteiger partial charge in [-0.25, -0.2) is 13.1 Å². The molecule has 0 saturated carbocycles. The van der Waals surface area contributed by atoms with E-state index in [9.17, 15) is 13.2 Å². The average molecular weight is 445 g/mol. The van der Waals surface area contributed by atoms with Crippen LogP contribution in [0.1, 0.15) is 37.7 Å². The molecule has 0 bridgehead atoms. The fourth-order valence-electron chi connectivity index (χ4n) is 3.99. The number of amides is 1. The van der Waals surface area contributed by atoms with Crippen molar-refractivity contribution in [1.82, 2.24) is 4.72 Å². The van der Waals surface area contributed by atoms with Gasteiger partial charge in [0.1, 0.15) is 13.2 Å². The Morgan fingerprint density at radius 2 is 1.81 bits per heavy atom. The molecule has 0 saturated heterocycles. The smallest absolute Gasteiger partial charge is 0.240 e. The molecule has 0 unspecified atom stereocenters. The van der Waals surface area contributed by atoms with Gasteiger partial charge in [0.05, 0.1) is 4.90 Å². The van der Waals surface area contributed by atoms with E-state index in [2.05, 4.69) is 10.8 Å². The van der Waals surface area contributed by atoms with Gasteiger partial charge in [-0.1, -0.05) is 24.6 Å². The second kappa shape index (κ2) is 9.70. The first kappa shape index (κ1) is 21.6. The van der Waals surface area contributed by atoms with Crippen molar-refractivity contribution in [3.8, 4) is 11.5 Å². The van der Waals surface area contributed by atoms with E-state index in [-0.39, 0.29) is 10.8 Å². The van der Waals surface area contributed by atoms with Crippen LogP contribution in [-0.2, 0) is 21.2 Å². The predicted octanol–water partition coefficient (Wildman–Crippen LogP) is 3.28. The number of fused-ring (bicyclic) bond motifs is 2. The monoisotopic (exact) mass is 444 g/mol. The normalized spacial score (nSPS) is 15.4. The number of anilines is 1. The van der Waals surface area contributed by atoms with Crippen LogP contribution in [-0.4, -0.2) is 40.6 Å². The molecule has 31 heavy (non-hydrogen) atoms. The van der Waals surface area contributed by atoms with Gasteiger partial charge in [-0.2, -0.15) is 0 Å². The molecule has 0 atom stereocenters. The number of benzene rings is 2. The highest BCUT2D eigenvalue weighted by molar-refractivity contribution is 7.89. The number of hydrogen-bond acceptors (Lipinski definition) is 5. The standard InChI is InChI=1S/C23H28N2O5S/c26-23(25-14-6-8-18-7-3-4-9-20(18)25)10-2-1-5-13-24-31(27,28)19-11-12-21-22(17-19)30-16-15-29-21/h3-4,7,9,11-12,17,24H,1-2,5-6,8,10,13-16H2. The molecule has 2 aliphatic rings. The third kappa shape index (κ3) is 5.19. The highest BCUT2D eigenvalue weighted by Crippen LogP contribution is 2.32. The van der Waals surface area contributed by atoms with Gasteiger partial charge in [0.15, 0.2) is 11.5 Å². The maximum atomic E-state index is 12.6. The molecule has 0 radical (unpaired) electrons. The summed E-state index contributed by atoms with van der Waals surface area (Å²) in [4.78, 5) is 14.7. The van der Waals surface area contributed by atoms with Crippen molar-refractivity contribution in [3.63, 3.8) is 0 Å². The second-order valence-corrected chi connectivity index (χ2v) is 9.56. The molecule has 166 valence electrons. The van der Waals surface area contributed by atoms with Gasteiger partial charge in [0, 0.05) is 31.3 Å². The lowest BCUT2D eigenvalue weighted by Gasteiger charge is -2.29. The van der Waals surface area contributed by atoms with Crippen LogP contribution in [0.25, 0.3) is 0 Å². The van der Waals surface area contributed by atoms with E-state index in [1.165, 1.54) is 17.7 Å². The summed E-state index contributed by atoms with van der Waals surface area (Å²) in [5, 5.41) is 0. The molecular formula is C23H28N2O5S. The SMILES string of the molecule is O=C(CCCCCNS(=O)(=O)c1ccc2c(c1)OCCO2)N1CCCc2ccccc21. The molecule has 8 heteroatoms. The minimum absolute atomic E-state index is 0.143. The average Bonchev–Trinajstić information content (AvgIpc) is 2.80. The van der Waals surface area contributed by atoms with Crippen LogP contribution in [0, 0.1) is 0 Å². The minimum Gasteiger partial charge on any atom is -0.486 e. The van der Waals surface area contributed by atoms with Gasteiger partial charge in [-0.3, -0.25) is 4.79 Å². The molecule has 7 nitrogen and oxygen atoms in total. The maximum Gasteiger partial charge on any atom is 0.240 e. The number of para-hydroxylation sites is 1. The molecule has 0 fully saturated rings. The van der Waals surface area contributed by atoms with E-state index >= 15 is 0 Å². The molecule has 1 N–H and O–H groups in total. The van der Waals surface area contributed by atoms with Gasteiger partial charge in [-0.15, -0.1) is 0 Å². The summed E-state index contributed by atoms with van der Waals surface area (Å²) < 4.78 is 38.5. The van der Waals surface area contributed by atoms with Crippen LogP contribution in [0.5, 0.6) is 11.5 Å². The Bertz CT molecular complexity index is 1040. The third-order valence-electron chi connectivity index (χ3n) is 5.59. The van der Waals surface area contributed by atoms with Crippen LogP contribution in [0.3, 0.4) is 0 Å². The van der Waals surface area contributed by atoms with E-state index in [4.69, 9.17) is 9.47 Å². The van der Waals surface area contributed by atoms with Crippen LogP contribution >= 0.6 is 0 Å². The van der Waals surface area contributed by atoms with Crippen molar-refractivity contribution < 1.29 is 22.7 Å². The summed E-state index contributed by atoms with van der Waals surface area (Å²) >= 11 is 0. The molecule has 0 spiro atoms. The summed E-state index contributed by atoms with van der Waals surface area (Å²) in [5.74, 6) is 1.15. The zero-order chi connectivity index (χ0) is 21.7. The number of hydrogen-bond donors (Lipinski definition) is 1. The van der Waals surface area contributed by atoms with Crippen molar-refractivity contribution in [2.75, 3.05) is 31.2 Å². The lowest BCUT2D eigenvalue weighted by molar-refractivity contribution is -0.118. The van der Waals surface area contributed by atoms with Crippen molar-refractivity contribution in [2.45, 2.75) is 43.4 Å². The Labute approximate surface area is 183 Å². The number of nitrogens with zero attached hydrogens (tertiary/aromatic N) is 1. The fourth-order valence-corrected chi connectivity index (χ4v) is 5.08. The van der Waals surface area contributed by atoms with E-state index in [0.29, 0.717) is 44.1 Å². The zero-order valence-electron chi connectivity index (χ0n) is 17.5. The Morgan fingerprint density at radius 1 is 1.00 bits per heavy atom. The highest BCUT2D eigenvalue weighted by atomic mass is 32.2. The first-order chi connectivity index (χ1) is 15.0. The largest absolute Gasteiger partial charge is 0.486 e. The van der Waals surface area contributed by atoms with Gasteiger partial charge in [-0.05, 0) is 49.4 Å². The van der Waals surface area contributed by atoms with Crippen molar-refractivity contribution >= 4 is 21.6 Å². The highest BCUT2D eigenvalue weighted by Gasteiger charge is 2.22. The molecule has 2 aromatic rings. The zero-order valence-corrected chi connectivity index (χ0v) is 18.3. The van der Waals surface area contributed by atoms with E-state index in [0.717, 1.165) is 37.9 Å². The Hall–Kier alpha value is -2.58. The Balaban J connectivity index is 1.21. The summed E-state index contributed by atoms with van der Waals surface area (Å²) in [7, 11) is -3.61. The van der Waals surface area contributed by atoms with Crippen molar-refractivity contribution in [1.29, 1.82) is 0 Å². The molecule has 4 rings (SSSR count). The fraction of sp³-hybridized carbons (Fsp3) is 0.435. The van der Waals surface area contributed by atoms with Crippen LogP contribution in [0.15, 0.2) is 47.4 Å². The quantitative estimate of drug-likeness (QED) is 0.632.